The summed E-state index contributed by atoms with van der Waals surface area (Å²) in [4.78, 5) is 28.1. The highest BCUT2D eigenvalue weighted by Gasteiger charge is 2.48. The number of carbonyl (C=O) groups excluding carboxylic acids is 2. The second-order valence-corrected chi connectivity index (χ2v) is 8.66. The van der Waals surface area contributed by atoms with Crippen molar-refractivity contribution in [2.45, 2.75) is 44.2 Å². The van der Waals surface area contributed by atoms with E-state index in [1.54, 1.807) is 35.2 Å². The van der Waals surface area contributed by atoms with Crippen LogP contribution in [0.2, 0.25) is 0 Å². The highest BCUT2D eigenvalue weighted by molar-refractivity contribution is 6.46. The summed E-state index contributed by atoms with van der Waals surface area (Å²) < 4.78 is 0. The lowest BCUT2D eigenvalue weighted by atomic mass is 9.90. The number of ketones is 1. The molecule has 1 heterocycles. The van der Waals surface area contributed by atoms with Crippen LogP contribution in [0.4, 0.5) is 0 Å². The molecule has 0 spiro atoms. The van der Waals surface area contributed by atoms with Gasteiger partial charge in [0, 0.05) is 11.6 Å². The molecule has 162 valence electrons. The van der Waals surface area contributed by atoms with Gasteiger partial charge in [0.05, 0.1) is 11.6 Å². The Labute approximate surface area is 186 Å². The summed E-state index contributed by atoms with van der Waals surface area (Å²) in [5, 5.41) is 23.4. The summed E-state index contributed by atoms with van der Waals surface area (Å²) in [6, 6.07) is 19.1. The van der Waals surface area contributed by atoms with E-state index in [1.807, 2.05) is 36.4 Å². The summed E-state index contributed by atoms with van der Waals surface area (Å²) in [6.07, 6.45) is 4.79. The molecule has 0 radical (unpaired) electrons. The molecule has 0 bridgehead atoms. The van der Waals surface area contributed by atoms with E-state index < -0.39 is 17.7 Å². The largest absolute Gasteiger partial charge is 0.508 e. The average Bonchev–Trinajstić information content (AvgIpc) is 3.09. The molecule has 1 aliphatic carbocycles. The number of phenols is 1. The lowest BCUT2D eigenvalue weighted by Crippen LogP contribution is -2.40. The van der Waals surface area contributed by atoms with Gasteiger partial charge in [-0.25, -0.2) is 0 Å². The van der Waals surface area contributed by atoms with Crippen molar-refractivity contribution < 1.29 is 19.8 Å². The molecule has 2 aliphatic rings. The summed E-state index contributed by atoms with van der Waals surface area (Å²) in [7, 11) is 0. The number of amides is 1. The summed E-state index contributed by atoms with van der Waals surface area (Å²) in [5.74, 6) is -1.37. The Kier molecular flexibility index (Phi) is 5.17. The van der Waals surface area contributed by atoms with E-state index in [0.717, 1.165) is 42.9 Å². The minimum Gasteiger partial charge on any atom is -0.508 e. The lowest BCUT2D eigenvalue weighted by Gasteiger charge is -2.35. The SMILES string of the molecule is O=C1C(=O)N(C2CCCCC2)C(c2cccc(O)c2)/C1=C(/O)c1ccc2ccccc2c1. The van der Waals surface area contributed by atoms with Gasteiger partial charge in [0.25, 0.3) is 11.7 Å². The molecule has 5 nitrogen and oxygen atoms in total. The first-order valence-corrected chi connectivity index (χ1v) is 11.1. The number of hydrogen-bond acceptors (Lipinski definition) is 4. The van der Waals surface area contributed by atoms with Crippen LogP contribution in [0.15, 0.2) is 72.3 Å². The van der Waals surface area contributed by atoms with Gasteiger partial charge in [-0.1, -0.05) is 67.8 Å². The molecule has 1 amide bonds. The molecular weight excluding hydrogens is 402 g/mol. The standard InChI is InChI=1S/C27H25NO4/c29-22-12-6-9-19(16-22)24-23(26(31)27(32)28(24)21-10-2-1-3-11-21)25(30)20-14-13-17-7-4-5-8-18(17)15-20/h4-9,12-16,21,24,29-30H,1-3,10-11H2/b25-23-. The first-order valence-electron chi connectivity index (χ1n) is 11.1. The number of aliphatic hydroxyl groups excluding tert-OH is 1. The molecule has 1 unspecified atom stereocenters. The van der Waals surface area contributed by atoms with E-state index in [-0.39, 0.29) is 23.1 Å². The van der Waals surface area contributed by atoms with E-state index >= 15 is 0 Å². The van der Waals surface area contributed by atoms with Gasteiger partial charge in [-0.05, 0) is 47.4 Å². The number of aliphatic hydroxyl groups is 1. The number of benzene rings is 3. The Bertz CT molecular complexity index is 1240. The maximum Gasteiger partial charge on any atom is 0.295 e. The van der Waals surface area contributed by atoms with Crippen LogP contribution >= 0.6 is 0 Å². The zero-order chi connectivity index (χ0) is 22.2. The van der Waals surface area contributed by atoms with Crippen LogP contribution in [0.1, 0.15) is 49.3 Å². The number of hydrogen-bond donors (Lipinski definition) is 2. The van der Waals surface area contributed by atoms with Gasteiger partial charge in [-0.3, -0.25) is 9.59 Å². The Morgan fingerprint density at radius 1 is 0.844 bits per heavy atom. The van der Waals surface area contributed by atoms with Crippen molar-refractivity contribution in [2.24, 2.45) is 0 Å². The van der Waals surface area contributed by atoms with Crippen LogP contribution in [0, 0.1) is 0 Å². The van der Waals surface area contributed by atoms with Crippen LogP contribution in [0.3, 0.4) is 0 Å². The van der Waals surface area contributed by atoms with Gasteiger partial charge >= 0.3 is 0 Å². The molecule has 1 saturated heterocycles. The van der Waals surface area contributed by atoms with Gasteiger partial charge in [0.15, 0.2) is 0 Å². The van der Waals surface area contributed by atoms with E-state index in [0.29, 0.717) is 11.1 Å². The Balaban J connectivity index is 1.68. The fourth-order valence-corrected chi connectivity index (χ4v) is 5.10. The molecule has 5 heteroatoms. The van der Waals surface area contributed by atoms with Crippen LogP contribution in [-0.2, 0) is 9.59 Å². The molecular formula is C27H25NO4. The molecule has 0 aromatic heterocycles. The van der Waals surface area contributed by atoms with Gasteiger partial charge in [0.2, 0.25) is 0 Å². The van der Waals surface area contributed by atoms with Crippen molar-refractivity contribution in [3.05, 3.63) is 83.4 Å². The number of rotatable bonds is 3. The molecule has 1 saturated carbocycles. The first kappa shape index (κ1) is 20.3. The van der Waals surface area contributed by atoms with Gasteiger partial charge in [-0.2, -0.15) is 0 Å². The number of carbonyl (C=O) groups is 2. The second kappa shape index (κ2) is 8.15. The molecule has 2 N–H and O–H groups in total. The highest BCUT2D eigenvalue weighted by Crippen LogP contribution is 2.43. The van der Waals surface area contributed by atoms with Crippen molar-refractivity contribution >= 4 is 28.2 Å². The smallest absolute Gasteiger partial charge is 0.295 e. The predicted molar refractivity (Wildman–Crippen MR) is 123 cm³/mol. The Morgan fingerprint density at radius 3 is 2.34 bits per heavy atom. The molecule has 5 rings (SSSR count). The molecule has 3 aromatic rings. The first-order chi connectivity index (χ1) is 15.5. The zero-order valence-corrected chi connectivity index (χ0v) is 17.7. The number of phenolic OH excluding ortho intramolecular Hbond substituents is 1. The monoisotopic (exact) mass is 427 g/mol. The number of likely N-dealkylation sites (tertiary alicyclic amines) is 1. The van der Waals surface area contributed by atoms with Crippen molar-refractivity contribution in [2.75, 3.05) is 0 Å². The maximum atomic E-state index is 13.2. The third-order valence-corrected chi connectivity index (χ3v) is 6.66. The van der Waals surface area contributed by atoms with E-state index in [2.05, 4.69) is 0 Å². The Hall–Kier alpha value is -3.60. The topological polar surface area (TPSA) is 77.8 Å². The van der Waals surface area contributed by atoms with Crippen LogP contribution in [0.5, 0.6) is 5.75 Å². The van der Waals surface area contributed by atoms with Crippen LogP contribution < -0.4 is 0 Å². The number of Topliss-reactive ketones (excluding diaryl/α,β-unsaturated/α-hetero) is 1. The zero-order valence-electron chi connectivity index (χ0n) is 17.7. The third-order valence-electron chi connectivity index (χ3n) is 6.66. The molecule has 1 atom stereocenters. The average molecular weight is 428 g/mol. The van der Waals surface area contributed by atoms with Gasteiger partial charge in [-0.15, -0.1) is 0 Å². The van der Waals surface area contributed by atoms with Crippen molar-refractivity contribution in [1.29, 1.82) is 0 Å². The van der Waals surface area contributed by atoms with Crippen molar-refractivity contribution in [3.8, 4) is 5.75 Å². The Morgan fingerprint density at radius 2 is 1.59 bits per heavy atom. The van der Waals surface area contributed by atoms with E-state index in [9.17, 15) is 19.8 Å². The fourth-order valence-electron chi connectivity index (χ4n) is 5.10. The van der Waals surface area contributed by atoms with Crippen LogP contribution in [0.25, 0.3) is 16.5 Å². The molecule has 1 aliphatic heterocycles. The lowest BCUT2D eigenvalue weighted by molar-refractivity contribution is -0.141. The van der Waals surface area contributed by atoms with Gasteiger partial charge in [0.1, 0.15) is 11.5 Å². The van der Waals surface area contributed by atoms with Gasteiger partial charge < -0.3 is 15.1 Å². The summed E-state index contributed by atoms with van der Waals surface area (Å²) >= 11 is 0. The second-order valence-electron chi connectivity index (χ2n) is 8.66. The molecule has 32 heavy (non-hydrogen) atoms. The van der Waals surface area contributed by atoms with Crippen molar-refractivity contribution in [1.82, 2.24) is 4.90 Å². The highest BCUT2D eigenvalue weighted by atomic mass is 16.3. The van der Waals surface area contributed by atoms with Crippen LogP contribution in [-0.4, -0.2) is 32.8 Å². The molecule has 3 aromatic carbocycles. The third kappa shape index (κ3) is 3.44. The minimum atomic E-state index is -0.725. The predicted octanol–water partition coefficient (Wildman–Crippen LogP) is 5.30. The molecule has 2 fully saturated rings. The quantitative estimate of drug-likeness (QED) is 0.338. The number of fused-ring (bicyclic) bond motifs is 1. The summed E-state index contributed by atoms with van der Waals surface area (Å²) in [6.45, 7) is 0. The number of nitrogens with zero attached hydrogens (tertiary/aromatic N) is 1. The van der Waals surface area contributed by atoms with Crippen molar-refractivity contribution in [3.63, 3.8) is 0 Å². The number of aromatic hydroxyl groups is 1. The summed E-state index contributed by atoms with van der Waals surface area (Å²) in [5.41, 5.74) is 1.20. The normalized spacial score (nSPS) is 21.4. The van der Waals surface area contributed by atoms with E-state index in [4.69, 9.17) is 0 Å². The fraction of sp³-hybridized carbons (Fsp3) is 0.259. The minimum absolute atomic E-state index is 0.0578. The maximum absolute atomic E-state index is 13.2. The van der Waals surface area contributed by atoms with E-state index in [1.165, 1.54) is 0 Å².